The summed E-state index contributed by atoms with van der Waals surface area (Å²) in [6.45, 7) is 2.14. The fourth-order valence-electron chi connectivity index (χ4n) is 2.33. The Morgan fingerprint density at radius 1 is 1.15 bits per heavy atom. The zero-order chi connectivity index (χ0) is 19.2. The molecule has 1 amide bonds. The molecule has 27 heavy (non-hydrogen) atoms. The summed E-state index contributed by atoms with van der Waals surface area (Å²) >= 11 is 1.10. The predicted octanol–water partition coefficient (Wildman–Crippen LogP) is 3.85. The molecular weight excluding hydrogens is 372 g/mol. The van der Waals surface area contributed by atoms with E-state index in [0.717, 1.165) is 17.3 Å². The predicted molar refractivity (Wildman–Crippen MR) is 98.1 cm³/mol. The van der Waals surface area contributed by atoms with Crippen LogP contribution in [0.25, 0.3) is 11.5 Å². The molecule has 0 spiro atoms. The molecule has 1 aromatic heterocycles. The van der Waals surface area contributed by atoms with Gasteiger partial charge in [0.15, 0.2) is 0 Å². The van der Waals surface area contributed by atoms with Crippen LogP contribution in [0.1, 0.15) is 12.5 Å². The number of benzene rings is 2. The molecule has 1 N–H and O–H groups in total. The Kier molecular flexibility index (Phi) is 6.18. The Hall–Kier alpha value is -2.74. The zero-order valence-corrected chi connectivity index (χ0v) is 15.3. The van der Waals surface area contributed by atoms with Gasteiger partial charge < -0.3 is 9.73 Å². The number of hydrogen-bond donors (Lipinski definition) is 1. The third-order valence-corrected chi connectivity index (χ3v) is 4.72. The highest BCUT2D eigenvalue weighted by Gasteiger charge is 2.19. The summed E-state index contributed by atoms with van der Waals surface area (Å²) in [6, 6.07) is 12.2. The second-order valence-corrected chi connectivity index (χ2v) is 7.07. The molecule has 1 atom stereocenters. The molecule has 5 nitrogen and oxygen atoms in total. The molecule has 0 unspecified atom stereocenters. The van der Waals surface area contributed by atoms with Crippen molar-refractivity contribution in [2.75, 3.05) is 6.54 Å². The summed E-state index contributed by atoms with van der Waals surface area (Å²) in [5, 5.41) is 10.2. The summed E-state index contributed by atoms with van der Waals surface area (Å²) in [7, 11) is 0. The monoisotopic (exact) mass is 389 g/mol. The van der Waals surface area contributed by atoms with Crippen molar-refractivity contribution >= 4 is 17.7 Å². The Morgan fingerprint density at radius 2 is 1.89 bits per heavy atom. The zero-order valence-electron chi connectivity index (χ0n) is 14.5. The molecule has 0 saturated heterocycles. The lowest BCUT2D eigenvalue weighted by Crippen LogP contribution is -2.32. The van der Waals surface area contributed by atoms with Crippen LogP contribution >= 0.6 is 11.8 Å². The van der Waals surface area contributed by atoms with Gasteiger partial charge in [-0.3, -0.25) is 4.79 Å². The van der Waals surface area contributed by atoms with Gasteiger partial charge >= 0.3 is 0 Å². The van der Waals surface area contributed by atoms with Gasteiger partial charge in [-0.2, -0.15) is 0 Å². The van der Waals surface area contributed by atoms with Crippen LogP contribution in [0.15, 0.2) is 58.2 Å². The standard InChI is InChI=1S/C19H17F2N3O2S/c1-12(17(25)22-11-10-13-6-8-14(20)9-7-13)27-19-24-23-18(26-19)15-4-2-3-5-16(15)21/h2-9,12H,10-11H2,1H3,(H,22,25)/t12-/m1/s1. The molecule has 0 saturated carbocycles. The van der Waals surface area contributed by atoms with E-state index >= 15 is 0 Å². The van der Waals surface area contributed by atoms with E-state index in [4.69, 9.17) is 4.42 Å². The fourth-order valence-corrected chi connectivity index (χ4v) is 3.04. The average Bonchev–Trinajstić information content (AvgIpc) is 3.11. The number of nitrogens with zero attached hydrogens (tertiary/aromatic N) is 2. The van der Waals surface area contributed by atoms with Crippen LogP contribution in [0.2, 0.25) is 0 Å². The first-order valence-corrected chi connectivity index (χ1v) is 9.18. The van der Waals surface area contributed by atoms with Gasteiger partial charge in [0.25, 0.3) is 11.1 Å². The van der Waals surface area contributed by atoms with Crippen LogP contribution in [0.5, 0.6) is 0 Å². The van der Waals surface area contributed by atoms with Crippen molar-refractivity contribution in [2.24, 2.45) is 0 Å². The molecule has 0 fully saturated rings. The van der Waals surface area contributed by atoms with Gasteiger partial charge in [0.05, 0.1) is 10.8 Å². The number of aromatic nitrogens is 2. The minimum absolute atomic E-state index is 0.0690. The third kappa shape index (κ3) is 5.13. The van der Waals surface area contributed by atoms with E-state index in [9.17, 15) is 13.6 Å². The number of halogens is 2. The Bertz CT molecular complexity index is 915. The minimum Gasteiger partial charge on any atom is -0.411 e. The van der Waals surface area contributed by atoms with Crippen molar-refractivity contribution < 1.29 is 18.0 Å². The number of thioether (sulfide) groups is 1. The first-order chi connectivity index (χ1) is 13.0. The van der Waals surface area contributed by atoms with E-state index in [-0.39, 0.29) is 28.4 Å². The lowest BCUT2D eigenvalue weighted by atomic mass is 10.1. The van der Waals surface area contributed by atoms with E-state index in [2.05, 4.69) is 15.5 Å². The summed E-state index contributed by atoms with van der Waals surface area (Å²) in [6.07, 6.45) is 0.599. The molecule has 3 rings (SSSR count). The average molecular weight is 389 g/mol. The van der Waals surface area contributed by atoms with E-state index < -0.39 is 11.1 Å². The van der Waals surface area contributed by atoms with E-state index in [0.29, 0.717) is 13.0 Å². The number of carbonyl (C=O) groups excluding carboxylic acids is 1. The van der Waals surface area contributed by atoms with Gasteiger partial charge in [0, 0.05) is 6.54 Å². The van der Waals surface area contributed by atoms with Crippen LogP contribution in [-0.2, 0) is 11.2 Å². The number of hydrogen-bond acceptors (Lipinski definition) is 5. The van der Waals surface area contributed by atoms with E-state index in [1.165, 1.54) is 18.2 Å². The largest absolute Gasteiger partial charge is 0.411 e. The maximum Gasteiger partial charge on any atom is 0.277 e. The lowest BCUT2D eigenvalue weighted by molar-refractivity contribution is -0.120. The Balaban J connectivity index is 1.51. The maximum atomic E-state index is 13.8. The van der Waals surface area contributed by atoms with Crippen molar-refractivity contribution in [1.82, 2.24) is 15.5 Å². The molecule has 1 heterocycles. The van der Waals surface area contributed by atoms with E-state index in [1.54, 1.807) is 37.3 Å². The molecule has 2 aromatic carbocycles. The minimum atomic E-state index is -0.466. The maximum absolute atomic E-state index is 13.8. The molecular formula is C19H17F2N3O2S. The van der Waals surface area contributed by atoms with Crippen molar-refractivity contribution in [3.63, 3.8) is 0 Å². The molecule has 0 radical (unpaired) electrons. The second-order valence-electron chi connectivity index (χ2n) is 5.78. The van der Waals surface area contributed by atoms with Crippen LogP contribution in [0.3, 0.4) is 0 Å². The van der Waals surface area contributed by atoms with Crippen LogP contribution in [0, 0.1) is 11.6 Å². The Labute approximate surface area is 159 Å². The smallest absolute Gasteiger partial charge is 0.277 e. The first kappa shape index (κ1) is 19.0. The van der Waals surface area contributed by atoms with Gasteiger partial charge in [0.1, 0.15) is 11.6 Å². The van der Waals surface area contributed by atoms with E-state index in [1.807, 2.05) is 0 Å². The van der Waals surface area contributed by atoms with Gasteiger partial charge in [-0.1, -0.05) is 36.0 Å². The molecule has 0 aliphatic heterocycles. The fraction of sp³-hybridized carbons (Fsp3) is 0.211. The number of amides is 1. The quantitative estimate of drug-likeness (QED) is 0.622. The van der Waals surface area contributed by atoms with Crippen molar-refractivity contribution in [3.05, 3.63) is 65.7 Å². The molecule has 8 heteroatoms. The van der Waals surface area contributed by atoms with Crippen LogP contribution in [0.4, 0.5) is 8.78 Å². The summed E-state index contributed by atoms with van der Waals surface area (Å²) in [5.74, 6) is -0.862. The van der Waals surface area contributed by atoms with Gasteiger partial charge in [-0.15, -0.1) is 10.2 Å². The normalized spacial score (nSPS) is 12.0. The number of carbonyl (C=O) groups is 1. The Morgan fingerprint density at radius 3 is 2.63 bits per heavy atom. The van der Waals surface area contributed by atoms with Crippen LogP contribution in [-0.4, -0.2) is 27.9 Å². The lowest BCUT2D eigenvalue weighted by Gasteiger charge is -2.09. The van der Waals surface area contributed by atoms with Crippen molar-refractivity contribution in [3.8, 4) is 11.5 Å². The number of nitrogens with one attached hydrogen (secondary N) is 1. The SMILES string of the molecule is C[C@@H](Sc1nnc(-c2ccccc2F)o1)C(=O)NCCc1ccc(F)cc1. The van der Waals surface area contributed by atoms with Gasteiger partial charge in [-0.25, -0.2) is 8.78 Å². The summed E-state index contributed by atoms with van der Waals surface area (Å²) in [4.78, 5) is 12.2. The van der Waals surface area contributed by atoms with Gasteiger partial charge in [-0.05, 0) is 43.2 Å². The summed E-state index contributed by atoms with van der Waals surface area (Å²) < 4.78 is 32.1. The highest BCUT2D eigenvalue weighted by atomic mass is 32.2. The third-order valence-electron chi connectivity index (χ3n) is 3.78. The summed E-state index contributed by atoms with van der Waals surface area (Å²) in [5.41, 5.74) is 1.15. The van der Waals surface area contributed by atoms with Crippen LogP contribution < -0.4 is 5.32 Å². The number of rotatable bonds is 7. The first-order valence-electron chi connectivity index (χ1n) is 8.30. The molecule has 3 aromatic rings. The van der Waals surface area contributed by atoms with Crippen molar-refractivity contribution in [2.45, 2.75) is 23.8 Å². The van der Waals surface area contributed by atoms with Gasteiger partial charge in [0.2, 0.25) is 5.91 Å². The molecule has 0 aliphatic rings. The highest BCUT2D eigenvalue weighted by Crippen LogP contribution is 2.27. The topological polar surface area (TPSA) is 68.0 Å². The molecule has 0 aliphatic carbocycles. The molecule has 140 valence electrons. The molecule has 0 bridgehead atoms. The van der Waals surface area contributed by atoms with Crippen molar-refractivity contribution in [1.29, 1.82) is 0 Å². The highest BCUT2D eigenvalue weighted by molar-refractivity contribution is 8.00. The second kappa shape index (κ2) is 8.77.